The molecule has 0 aliphatic heterocycles. The second-order valence-electron chi connectivity index (χ2n) is 4.12. The molecule has 7 nitrogen and oxygen atoms in total. The van der Waals surface area contributed by atoms with Gasteiger partial charge in [-0.25, -0.2) is 9.67 Å². The van der Waals surface area contributed by atoms with Crippen LogP contribution in [0.15, 0.2) is 48.9 Å². The lowest BCUT2D eigenvalue weighted by molar-refractivity contribution is 0.102. The molecule has 8 heteroatoms. The number of hydrogen-bond acceptors (Lipinski definition) is 5. The number of aromatic nitrogens is 5. The highest BCUT2D eigenvalue weighted by atomic mass is 35.5. The summed E-state index contributed by atoms with van der Waals surface area (Å²) in [5.74, 6) is 0.150. The van der Waals surface area contributed by atoms with Gasteiger partial charge in [0, 0.05) is 11.8 Å². The average molecular weight is 301 g/mol. The van der Waals surface area contributed by atoms with E-state index in [1.165, 1.54) is 17.2 Å². The van der Waals surface area contributed by atoms with Crippen LogP contribution in [-0.4, -0.2) is 31.1 Å². The third kappa shape index (κ3) is 3.03. The van der Waals surface area contributed by atoms with E-state index in [0.717, 1.165) is 0 Å². The first-order chi connectivity index (χ1) is 10.2. The summed E-state index contributed by atoms with van der Waals surface area (Å²) in [7, 11) is 0. The SMILES string of the molecule is O=C(Nc1ccc(Cl)cn1)c1cccc(-n2cnnn2)c1. The van der Waals surface area contributed by atoms with Gasteiger partial charge in [-0.1, -0.05) is 17.7 Å². The molecule has 3 rings (SSSR count). The number of carbonyl (C=O) groups excluding carboxylic acids is 1. The molecule has 0 aliphatic rings. The van der Waals surface area contributed by atoms with Crippen molar-refractivity contribution in [3.8, 4) is 5.69 Å². The smallest absolute Gasteiger partial charge is 0.256 e. The van der Waals surface area contributed by atoms with Crippen LogP contribution in [0.5, 0.6) is 0 Å². The molecule has 104 valence electrons. The Kier molecular flexibility index (Phi) is 3.57. The molecule has 0 unspecified atom stereocenters. The predicted molar refractivity (Wildman–Crippen MR) is 76.4 cm³/mol. The number of carbonyl (C=O) groups is 1. The normalized spacial score (nSPS) is 10.3. The van der Waals surface area contributed by atoms with E-state index >= 15 is 0 Å². The minimum atomic E-state index is -0.278. The van der Waals surface area contributed by atoms with Crippen LogP contribution in [-0.2, 0) is 0 Å². The van der Waals surface area contributed by atoms with E-state index in [0.29, 0.717) is 22.1 Å². The van der Waals surface area contributed by atoms with E-state index in [-0.39, 0.29) is 5.91 Å². The van der Waals surface area contributed by atoms with Crippen LogP contribution in [0.3, 0.4) is 0 Å². The monoisotopic (exact) mass is 300 g/mol. The van der Waals surface area contributed by atoms with Gasteiger partial charge in [0.2, 0.25) is 0 Å². The molecule has 2 heterocycles. The van der Waals surface area contributed by atoms with E-state index in [1.807, 2.05) is 0 Å². The van der Waals surface area contributed by atoms with Crippen molar-refractivity contribution in [2.45, 2.75) is 0 Å². The van der Waals surface area contributed by atoms with Gasteiger partial charge in [-0.3, -0.25) is 4.79 Å². The summed E-state index contributed by atoms with van der Waals surface area (Å²) >= 11 is 5.75. The zero-order valence-corrected chi connectivity index (χ0v) is 11.4. The molecule has 1 N–H and O–H groups in total. The van der Waals surface area contributed by atoms with Crippen LogP contribution in [0.1, 0.15) is 10.4 Å². The minimum Gasteiger partial charge on any atom is -0.307 e. The Balaban J connectivity index is 1.81. The van der Waals surface area contributed by atoms with Gasteiger partial charge in [0.05, 0.1) is 10.7 Å². The Morgan fingerprint density at radius 2 is 2.14 bits per heavy atom. The Morgan fingerprint density at radius 1 is 1.24 bits per heavy atom. The van der Waals surface area contributed by atoms with Crippen molar-refractivity contribution < 1.29 is 4.79 Å². The summed E-state index contributed by atoms with van der Waals surface area (Å²) < 4.78 is 1.47. The number of amides is 1. The van der Waals surface area contributed by atoms with Crippen LogP contribution >= 0.6 is 11.6 Å². The highest BCUT2D eigenvalue weighted by Gasteiger charge is 2.08. The van der Waals surface area contributed by atoms with Crippen molar-refractivity contribution >= 4 is 23.3 Å². The van der Waals surface area contributed by atoms with Gasteiger partial charge in [-0.2, -0.15) is 0 Å². The topological polar surface area (TPSA) is 85.6 Å². The molecule has 0 fully saturated rings. The first-order valence-electron chi connectivity index (χ1n) is 5.99. The minimum absolute atomic E-state index is 0.278. The van der Waals surface area contributed by atoms with Gasteiger partial charge in [-0.15, -0.1) is 5.10 Å². The molecule has 1 amide bonds. The van der Waals surface area contributed by atoms with Crippen molar-refractivity contribution in [1.82, 2.24) is 25.2 Å². The fourth-order valence-corrected chi connectivity index (χ4v) is 1.82. The molecule has 0 radical (unpaired) electrons. The first kappa shape index (κ1) is 13.2. The molecule has 0 bridgehead atoms. The van der Waals surface area contributed by atoms with Crippen molar-refractivity contribution in [3.63, 3.8) is 0 Å². The number of hydrogen-bond donors (Lipinski definition) is 1. The van der Waals surface area contributed by atoms with Gasteiger partial charge in [0.25, 0.3) is 5.91 Å². The van der Waals surface area contributed by atoms with E-state index in [1.54, 1.807) is 36.4 Å². The van der Waals surface area contributed by atoms with Gasteiger partial charge < -0.3 is 5.32 Å². The zero-order valence-electron chi connectivity index (χ0n) is 10.6. The molecular formula is C13H9ClN6O. The Hall–Kier alpha value is -2.80. The molecule has 2 aromatic heterocycles. The molecule has 0 saturated heterocycles. The lowest BCUT2D eigenvalue weighted by Crippen LogP contribution is -2.13. The number of nitrogens with one attached hydrogen (secondary N) is 1. The fraction of sp³-hybridized carbons (Fsp3) is 0. The van der Waals surface area contributed by atoms with Gasteiger partial charge in [-0.05, 0) is 40.8 Å². The lowest BCUT2D eigenvalue weighted by atomic mass is 10.2. The fourth-order valence-electron chi connectivity index (χ4n) is 1.71. The third-order valence-electron chi connectivity index (χ3n) is 2.69. The summed E-state index contributed by atoms with van der Waals surface area (Å²) in [5.41, 5.74) is 1.16. The number of halogens is 1. The quantitative estimate of drug-likeness (QED) is 0.799. The largest absolute Gasteiger partial charge is 0.307 e. The van der Waals surface area contributed by atoms with Crippen LogP contribution in [0.4, 0.5) is 5.82 Å². The summed E-state index contributed by atoms with van der Waals surface area (Å²) in [4.78, 5) is 16.2. The van der Waals surface area contributed by atoms with Crippen LogP contribution < -0.4 is 5.32 Å². The zero-order chi connectivity index (χ0) is 14.7. The van der Waals surface area contributed by atoms with E-state index in [4.69, 9.17) is 11.6 Å². The number of tetrazole rings is 1. The molecule has 3 aromatic rings. The van der Waals surface area contributed by atoms with Crippen LogP contribution in [0.2, 0.25) is 5.02 Å². The molecule has 0 atom stereocenters. The summed E-state index contributed by atoms with van der Waals surface area (Å²) in [6, 6.07) is 10.2. The van der Waals surface area contributed by atoms with E-state index in [2.05, 4.69) is 25.8 Å². The number of anilines is 1. The maximum Gasteiger partial charge on any atom is 0.256 e. The van der Waals surface area contributed by atoms with Gasteiger partial charge >= 0.3 is 0 Å². The maximum absolute atomic E-state index is 12.2. The predicted octanol–water partition coefficient (Wildman–Crippen LogP) is 1.96. The summed E-state index contributed by atoms with van der Waals surface area (Å²) in [6.07, 6.45) is 2.92. The van der Waals surface area contributed by atoms with Crippen LogP contribution in [0, 0.1) is 0 Å². The second kappa shape index (κ2) is 5.68. The Morgan fingerprint density at radius 3 is 2.86 bits per heavy atom. The van der Waals surface area contributed by atoms with Crippen molar-refractivity contribution in [2.75, 3.05) is 5.32 Å². The Labute approximate surface area is 124 Å². The Bertz CT molecular complexity index is 757. The number of rotatable bonds is 3. The molecule has 0 aliphatic carbocycles. The molecule has 0 saturated carbocycles. The van der Waals surface area contributed by atoms with Gasteiger partial charge in [0.15, 0.2) is 0 Å². The summed E-state index contributed by atoms with van der Waals surface area (Å²) in [6.45, 7) is 0. The first-order valence-corrected chi connectivity index (χ1v) is 6.36. The molecular weight excluding hydrogens is 292 g/mol. The van der Waals surface area contributed by atoms with Crippen molar-refractivity contribution in [1.29, 1.82) is 0 Å². The second-order valence-corrected chi connectivity index (χ2v) is 4.56. The highest BCUT2D eigenvalue weighted by Crippen LogP contribution is 2.13. The van der Waals surface area contributed by atoms with E-state index < -0.39 is 0 Å². The number of nitrogens with zero attached hydrogens (tertiary/aromatic N) is 5. The number of benzene rings is 1. The highest BCUT2D eigenvalue weighted by molar-refractivity contribution is 6.30. The molecule has 1 aromatic carbocycles. The maximum atomic E-state index is 12.2. The lowest BCUT2D eigenvalue weighted by Gasteiger charge is -2.06. The van der Waals surface area contributed by atoms with E-state index in [9.17, 15) is 4.79 Å². The third-order valence-corrected chi connectivity index (χ3v) is 2.91. The molecule has 0 spiro atoms. The standard InChI is InChI=1S/C13H9ClN6O/c14-10-4-5-12(15-7-10)17-13(21)9-2-1-3-11(6-9)20-8-16-18-19-20/h1-8H,(H,15,17,21). The van der Waals surface area contributed by atoms with Crippen molar-refractivity contribution in [2.24, 2.45) is 0 Å². The summed E-state index contributed by atoms with van der Waals surface area (Å²) in [5, 5.41) is 14.1. The number of pyridine rings is 1. The average Bonchev–Trinajstić information content (AvgIpc) is 3.04. The molecule has 21 heavy (non-hydrogen) atoms. The van der Waals surface area contributed by atoms with Crippen LogP contribution in [0.25, 0.3) is 5.69 Å². The van der Waals surface area contributed by atoms with Gasteiger partial charge in [0.1, 0.15) is 12.1 Å². The van der Waals surface area contributed by atoms with Crippen molar-refractivity contribution in [3.05, 3.63) is 59.5 Å².